The van der Waals surface area contributed by atoms with Crippen molar-refractivity contribution in [2.75, 3.05) is 0 Å². The summed E-state index contributed by atoms with van der Waals surface area (Å²) in [7, 11) is 0. The van der Waals surface area contributed by atoms with Crippen molar-refractivity contribution in [1.82, 2.24) is 0 Å². The third kappa shape index (κ3) is 1130. The Morgan fingerprint density at radius 2 is 0.667 bits per heavy atom. The monoisotopic (exact) mass is 219 g/mol. The van der Waals surface area contributed by atoms with E-state index in [0.717, 1.165) is 0 Å². The normalized spacial score (nSPS) is 5.83. The van der Waals surface area contributed by atoms with Crippen molar-refractivity contribution in [3.63, 3.8) is 0 Å². The molecule has 0 aliphatic heterocycles. The van der Waals surface area contributed by atoms with Gasteiger partial charge in [-0.3, -0.25) is 0 Å². The van der Waals surface area contributed by atoms with E-state index in [1.165, 1.54) is 0 Å². The van der Waals surface area contributed by atoms with Gasteiger partial charge in [0.1, 0.15) is 0 Å². The average molecular weight is 219 g/mol. The van der Waals surface area contributed by atoms with E-state index in [1.807, 2.05) is 0 Å². The van der Waals surface area contributed by atoms with Gasteiger partial charge in [0, 0.05) is 0 Å². The molecule has 0 amide bonds. The van der Waals surface area contributed by atoms with Crippen LogP contribution in [0.4, 0.5) is 0 Å². The Hall–Kier alpha value is 0.195. The van der Waals surface area contributed by atoms with Crippen LogP contribution in [0.5, 0.6) is 0 Å². The molecule has 0 saturated carbocycles. The predicted octanol–water partition coefficient (Wildman–Crippen LogP) is -0.594. The van der Waals surface area contributed by atoms with Gasteiger partial charge in [-0.25, -0.2) is 0 Å². The molecule has 0 bridgehead atoms. The summed E-state index contributed by atoms with van der Waals surface area (Å²) in [5.41, 5.74) is 0. The molecule has 0 aromatic carbocycles. The van der Waals surface area contributed by atoms with Gasteiger partial charge in [-0.05, 0) is 0 Å². The van der Waals surface area contributed by atoms with Gasteiger partial charge in [-0.1, -0.05) is 0 Å². The molecule has 0 saturated heterocycles. The summed E-state index contributed by atoms with van der Waals surface area (Å²) in [6.45, 7) is 0. The van der Waals surface area contributed by atoms with Gasteiger partial charge in [0.2, 0.25) is 0 Å². The zero-order valence-corrected chi connectivity index (χ0v) is 6.24. The van der Waals surface area contributed by atoms with Crippen molar-refractivity contribution >= 4 is 0 Å². The van der Waals surface area contributed by atoms with Crippen LogP contribution in [0.3, 0.4) is 0 Å². The Morgan fingerprint density at radius 1 is 0.667 bits per heavy atom. The standard InChI is InChI=1S/La.5O. The van der Waals surface area contributed by atoms with E-state index in [-0.39, 0.29) is 0 Å². The fourth-order valence-electron chi connectivity index (χ4n) is 0. The first-order valence-electron chi connectivity index (χ1n) is 1.18. The molecule has 0 radical (unpaired) electrons. The van der Waals surface area contributed by atoms with Crippen LogP contribution < -0.4 is 0 Å². The van der Waals surface area contributed by atoms with E-state index in [2.05, 4.69) is 0 Å². The molecule has 6 heteroatoms. The topological polar surface area (TPSA) is 85.3 Å². The first kappa shape index (κ1) is 6.19. The van der Waals surface area contributed by atoms with Crippen molar-refractivity contribution in [3.05, 3.63) is 0 Å². The SMILES string of the molecule is [O]=[La](=[O])(=[O])(=[O])=[O]. The van der Waals surface area contributed by atoms with Gasteiger partial charge >= 0.3 is 35.1 Å². The van der Waals surface area contributed by atoms with Gasteiger partial charge < -0.3 is 0 Å². The van der Waals surface area contributed by atoms with Crippen molar-refractivity contribution in [2.24, 2.45) is 0 Å². The molecule has 0 aliphatic rings. The molecule has 5 nitrogen and oxygen atoms in total. The summed E-state index contributed by atoms with van der Waals surface area (Å²) in [4.78, 5) is 0. The number of rotatable bonds is 0. The second-order valence-corrected chi connectivity index (χ2v) is 7.01. The predicted molar refractivity (Wildman–Crippen MR) is 3.43 cm³/mol. The zero-order chi connectivity index (χ0) is 5.45. The van der Waals surface area contributed by atoms with Crippen LogP contribution in [0, 0.1) is 26.6 Å². The quantitative estimate of drug-likeness (QED) is 0.543. The third-order valence-electron chi connectivity index (χ3n) is 0. The molecule has 0 aromatic heterocycles. The molecular formula is LaO5. The van der Waals surface area contributed by atoms with Crippen LogP contribution in [0.2, 0.25) is 0 Å². The summed E-state index contributed by atoms with van der Waals surface area (Å²) in [6, 6.07) is 0. The molecule has 0 unspecified atom stereocenters. The summed E-state index contributed by atoms with van der Waals surface area (Å²) in [5.74, 6) is 0. The van der Waals surface area contributed by atoms with Crippen LogP contribution in [0.15, 0.2) is 0 Å². The molecule has 0 aliphatic carbocycles. The Bertz CT molecular complexity index is 274. The molecule has 6 heavy (non-hydrogen) atoms. The van der Waals surface area contributed by atoms with Gasteiger partial charge in [0.05, 0.1) is 0 Å². The Labute approximate surface area is 35.0 Å². The van der Waals surface area contributed by atoms with E-state index in [4.69, 9.17) is 8.48 Å². The van der Waals surface area contributed by atoms with Crippen molar-refractivity contribution in [1.29, 1.82) is 0 Å². The van der Waals surface area contributed by atoms with Crippen LogP contribution in [0.1, 0.15) is 0 Å². The molecule has 0 heterocycles. The molecular weight excluding hydrogens is 219 g/mol. The number of hydrogen-bond acceptors (Lipinski definition) is 5. The van der Waals surface area contributed by atoms with Crippen LogP contribution in [0.25, 0.3) is 0 Å². The van der Waals surface area contributed by atoms with Crippen molar-refractivity contribution in [3.8, 4) is 0 Å². The fourth-order valence-corrected chi connectivity index (χ4v) is 0. The Kier molecular flexibility index (Phi) is 0.908. The number of hydrogen-bond donors (Lipinski definition) is 0. The average Bonchev–Trinajstić information content (AvgIpc) is 0.650. The van der Waals surface area contributed by atoms with E-state index >= 15 is 0 Å². The van der Waals surface area contributed by atoms with Crippen molar-refractivity contribution in [2.45, 2.75) is 0 Å². The minimum atomic E-state index is -8.15. The van der Waals surface area contributed by atoms with E-state index in [9.17, 15) is 0 Å². The van der Waals surface area contributed by atoms with Crippen LogP contribution in [-0.2, 0) is 8.48 Å². The van der Waals surface area contributed by atoms with Gasteiger partial charge in [-0.2, -0.15) is 0 Å². The van der Waals surface area contributed by atoms with Crippen molar-refractivity contribution < 1.29 is 35.1 Å². The summed E-state index contributed by atoms with van der Waals surface area (Å²) in [5, 5.41) is 0. The maximum atomic E-state index is 8.68. The fraction of sp³-hybridized carbons (Fsp3) is 0. The van der Waals surface area contributed by atoms with Gasteiger partial charge in [-0.15, -0.1) is 0 Å². The van der Waals surface area contributed by atoms with Gasteiger partial charge in [0.25, 0.3) is 0 Å². The Morgan fingerprint density at radius 3 is 0.667 bits per heavy atom. The Balaban J connectivity index is 7.45. The first-order chi connectivity index (χ1) is 2.24. The summed E-state index contributed by atoms with van der Waals surface area (Å²) in [6.07, 6.45) is 0. The molecule has 0 N–H and O–H groups in total. The molecule has 0 fully saturated rings. The minimum absolute atomic E-state index is 8.15. The second-order valence-electron chi connectivity index (χ2n) is 0.962. The zero-order valence-electron chi connectivity index (χ0n) is 2.62. The molecule has 0 spiro atoms. The van der Waals surface area contributed by atoms with Crippen LogP contribution >= 0.6 is 0 Å². The molecule has 0 atom stereocenters. The second kappa shape index (κ2) is 0.879. The van der Waals surface area contributed by atoms with E-state index < -0.39 is 26.6 Å². The summed E-state index contributed by atoms with van der Waals surface area (Å²) < 4.78 is 43.4. The molecule has 33 valence electrons. The molecule has 0 aromatic rings. The summed E-state index contributed by atoms with van der Waals surface area (Å²) >= 11 is -8.15. The third-order valence-corrected chi connectivity index (χ3v) is 0. The van der Waals surface area contributed by atoms with Gasteiger partial charge in [0.15, 0.2) is 0 Å². The van der Waals surface area contributed by atoms with E-state index in [1.54, 1.807) is 0 Å². The molecule has 0 rings (SSSR count). The maximum absolute atomic E-state index is 8.68. The van der Waals surface area contributed by atoms with E-state index in [0.29, 0.717) is 0 Å². The first-order valence-corrected chi connectivity index (χ1v) is 8.58. The van der Waals surface area contributed by atoms with Crippen LogP contribution in [-0.4, -0.2) is 0 Å².